The predicted molar refractivity (Wildman–Crippen MR) is 77.1 cm³/mol. The van der Waals surface area contributed by atoms with E-state index < -0.39 is 0 Å². The van der Waals surface area contributed by atoms with Crippen LogP contribution in [0.1, 0.15) is 37.4 Å². The lowest BCUT2D eigenvalue weighted by molar-refractivity contribution is -0.0337. The molecule has 1 unspecified atom stereocenters. The molecule has 6 nitrogen and oxygen atoms in total. The Labute approximate surface area is 125 Å². The minimum absolute atomic E-state index is 0.342. The van der Waals surface area contributed by atoms with Crippen LogP contribution in [0, 0.1) is 6.92 Å². The van der Waals surface area contributed by atoms with Crippen molar-refractivity contribution in [2.45, 2.75) is 51.2 Å². The molecule has 0 aliphatic carbocycles. The van der Waals surface area contributed by atoms with Crippen LogP contribution in [0.5, 0.6) is 0 Å². The highest BCUT2D eigenvalue weighted by atomic mass is 16.5. The molecule has 0 spiro atoms. The zero-order chi connectivity index (χ0) is 14.5. The summed E-state index contributed by atoms with van der Waals surface area (Å²) in [5, 5.41) is 3.90. The number of rotatable bonds is 5. The highest BCUT2D eigenvalue weighted by Gasteiger charge is 2.27. The summed E-state index contributed by atoms with van der Waals surface area (Å²) in [6, 6.07) is 0.685. The third-order valence-corrected chi connectivity index (χ3v) is 4.37. The van der Waals surface area contributed by atoms with Crippen LogP contribution >= 0.6 is 0 Å². The van der Waals surface area contributed by atoms with Crippen molar-refractivity contribution < 1.29 is 14.0 Å². The van der Waals surface area contributed by atoms with Crippen molar-refractivity contribution in [2.24, 2.45) is 0 Å². The molecule has 6 heteroatoms. The first-order valence-corrected chi connectivity index (χ1v) is 8.04. The molecule has 21 heavy (non-hydrogen) atoms. The van der Waals surface area contributed by atoms with Gasteiger partial charge in [-0.3, -0.25) is 4.90 Å². The van der Waals surface area contributed by atoms with Gasteiger partial charge < -0.3 is 14.0 Å². The lowest BCUT2D eigenvalue weighted by Crippen LogP contribution is -2.47. The van der Waals surface area contributed by atoms with E-state index in [1.54, 1.807) is 0 Å². The number of piperidine rings is 1. The summed E-state index contributed by atoms with van der Waals surface area (Å²) >= 11 is 0. The fourth-order valence-corrected chi connectivity index (χ4v) is 3.24. The predicted octanol–water partition coefficient (Wildman–Crippen LogP) is 1.58. The van der Waals surface area contributed by atoms with E-state index in [-0.39, 0.29) is 0 Å². The molecule has 0 aromatic carbocycles. The molecule has 3 rings (SSSR count). The Morgan fingerprint density at radius 1 is 1.29 bits per heavy atom. The first-order valence-electron chi connectivity index (χ1n) is 8.04. The van der Waals surface area contributed by atoms with Crippen LogP contribution in [-0.4, -0.2) is 60.1 Å². The molecule has 2 saturated heterocycles. The van der Waals surface area contributed by atoms with Crippen molar-refractivity contribution in [3.63, 3.8) is 0 Å². The maximum absolute atomic E-state index is 6.02. The molecule has 118 valence electrons. The summed E-state index contributed by atoms with van der Waals surface area (Å²) < 4.78 is 16.4. The molecule has 0 amide bonds. The first-order chi connectivity index (χ1) is 10.3. The number of nitrogens with zero attached hydrogens (tertiary/aromatic N) is 3. The van der Waals surface area contributed by atoms with E-state index in [0.717, 1.165) is 51.3 Å². The van der Waals surface area contributed by atoms with Crippen molar-refractivity contribution in [3.05, 3.63) is 11.7 Å². The first kappa shape index (κ1) is 14.9. The second-order valence-corrected chi connectivity index (χ2v) is 5.95. The Hall–Kier alpha value is -0.980. The van der Waals surface area contributed by atoms with E-state index in [1.165, 1.54) is 13.0 Å². The second-order valence-electron chi connectivity index (χ2n) is 5.95. The van der Waals surface area contributed by atoms with Gasteiger partial charge in [0.15, 0.2) is 5.82 Å². The van der Waals surface area contributed by atoms with Crippen molar-refractivity contribution in [1.29, 1.82) is 0 Å². The average Bonchev–Trinajstić information content (AvgIpc) is 2.94. The molecular weight excluding hydrogens is 270 g/mol. The van der Waals surface area contributed by atoms with E-state index in [2.05, 4.69) is 15.0 Å². The Bertz CT molecular complexity index is 432. The van der Waals surface area contributed by atoms with E-state index in [1.807, 2.05) is 6.92 Å². The third kappa shape index (κ3) is 4.25. The molecule has 2 aliphatic heterocycles. The molecule has 2 fully saturated rings. The van der Waals surface area contributed by atoms with Gasteiger partial charge in [-0.25, -0.2) is 0 Å². The summed E-state index contributed by atoms with van der Waals surface area (Å²) in [6.45, 7) is 6.55. The van der Waals surface area contributed by atoms with Gasteiger partial charge in [-0.05, 0) is 32.2 Å². The fourth-order valence-electron chi connectivity index (χ4n) is 3.24. The SMILES string of the molecule is Cc1nc(CCOC2CCCN(C3CCOCC3)C2)no1. The number of aromatic nitrogens is 2. The lowest BCUT2D eigenvalue weighted by Gasteiger charge is -2.39. The van der Waals surface area contributed by atoms with E-state index >= 15 is 0 Å². The smallest absolute Gasteiger partial charge is 0.223 e. The Kier molecular flexibility index (Phi) is 5.22. The van der Waals surface area contributed by atoms with Crippen molar-refractivity contribution in [2.75, 3.05) is 32.9 Å². The largest absolute Gasteiger partial charge is 0.381 e. The highest BCUT2D eigenvalue weighted by molar-refractivity contribution is 4.85. The Morgan fingerprint density at radius 3 is 2.90 bits per heavy atom. The van der Waals surface area contributed by atoms with Crippen LogP contribution in [0.3, 0.4) is 0 Å². The zero-order valence-corrected chi connectivity index (χ0v) is 12.8. The third-order valence-electron chi connectivity index (χ3n) is 4.37. The van der Waals surface area contributed by atoms with Crippen LogP contribution in [0.25, 0.3) is 0 Å². The Morgan fingerprint density at radius 2 is 2.14 bits per heavy atom. The van der Waals surface area contributed by atoms with Gasteiger partial charge >= 0.3 is 0 Å². The van der Waals surface area contributed by atoms with Gasteiger partial charge in [-0.15, -0.1) is 0 Å². The van der Waals surface area contributed by atoms with E-state index in [9.17, 15) is 0 Å². The van der Waals surface area contributed by atoms with Crippen LogP contribution < -0.4 is 0 Å². The number of likely N-dealkylation sites (tertiary alicyclic amines) is 1. The monoisotopic (exact) mass is 295 g/mol. The molecule has 0 N–H and O–H groups in total. The molecule has 0 bridgehead atoms. The van der Waals surface area contributed by atoms with Gasteiger partial charge in [0, 0.05) is 39.1 Å². The molecule has 0 radical (unpaired) electrons. The normalized spacial score (nSPS) is 25.3. The van der Waals surface area contributed by atoms with Crippen LogP contribution in [-0.2, 0) is 15.9 Å². The minimum atomic E-state index is 0.342. The van der Waals surface area contributed by atoms with Gasteiger partial charge in [-0.1, -0.05) is 5.16 Å². The highest BCUT2D eigenvalue weighted by Crippen LogP contribution is 2.21. The molecule has 1 aromatic rings. The van der Waals surface area contributed by atoms with Crippen LogP contribution in [0.15, 0.2) is 4.52 Å². The summed E-state index contributed by atoms with van der Waals surface area (Å²) in [7, 11) is 0. The van der Waals surface area contributed by atoms with Crippen LogP contribution in [0.2, 0.25) is 0 Å². The summed E-state index contributed by atoms with van der Waals surface area (Å²) in [4.78, 5) is 6.79. The number of ether oxygens (including phenoxy) is 2. The van der Waals surface area contributed by atoms with Gasteiger partial charge in [0.05, 0.1) is 12.7 Å². The molecule has 1 atom stereocenters. The number of hydrogen-bond donors (Lipinski definition) is 0. The zero-order valence-electron chi connectivity index (χ0n) is 12.8. The average molecular weight is 295 g/mol. The molecule has 2 aliphatic rings. The van der Waals surface area contributed by atoms with Crippen molar-refractivity contribution in [3.8, 4) is 0 Å². The lowest BCUT2D eigenvalue weighted by atomic mass is 10.0. The van der Waals surface area contributed by atoms with Crippen molar-refractivity contribution in [1.82, 2.24) is 15.0 Å². The molecular formula is C15H25N3O3. The topological polar surface area (TPSA) is 60.6 Å². The maximum atomic E-state index is 6.02. The molecule has 0 saturated carbocycles. The summed E-state index contributed by atoms with van der Waals surface area (Å²) in [6.07, 6.45) is 5.78. The fraction of sp³-hybridized carbons (Fsp3) is 0.867. The van der Waals surface area contributed by atoms with E-state index in [0.29, 0.717) is 24.6 Å². The minimum Gasteiger partial charge on any atom is -0.381 e. The number of hydrogen-bond acceptors (Lipinski definition) is 6. The molecule has 1 aromatic heterocycles. The van der Waals surface area contributed by atoms with Gasteiger partial charge in [0.1, 0.15) is 0 Å². The van der Waals surface area contributed by atoms with Gasteiger partial charge in [0.2, 0.25) is 5.89 Å². The maximum Gasteiger partial charge on any atom is 0.223 e. The van der Waals surface area contributed by atoms with Gasteiger partial charge in [-0.2, -0.15) is 4.98 Å². The standard InChI is InChI=1S/C15H25N3O3/c1-12-16-15(17-21-12)6-10-20-14-3-2-7-18(11-14)13-4-8-19-9-5-13/h13-14H,2-11H2,1H3. The Balaban J connectivity index is 1.41. The van der Waals surface area contributed by atoms with Gasteiger partial charge in [0.25, 0.3) is 0 Å². The quantitative estimate of drug-likeness (QED) is 0.822. The second kappa shape index (κ2) is 7.33. The van der Waals surface area contributed by atoms with E-state index in [4.69, 9.17) is 14.0 Å². The molecule has 3 heterocycles. The summed E-state index contributed by atoms with van der Waals surface area (Å²) in [5.74, 6) is 1.36. The van der Waals surface area contributed by atoms with Crippen molar-refractivity contribution >= 4 is 0 Å². The van der Waals surface area contributed by atoms with Crippen LogP contribution in [0.4, 0.5) is 0 Å². The summed E-state index contributed by atoms with van der Waals surface area (Å²) in [5.41, 5.74) is 0. The number of aryl methyl sites for hydroxylation is 1.